The lowest BCUT2D eigenvalue weighted by molar-refractivity contribution is -0.124. The molecule has 0 unspecified atom stereocenters. The van der Waals surface area contributed by atoms with E-state index in [1.165, 1.54) is 6.08 Å². The maximum Gasteiger partial charge on any atom is 0.250 e. The maximum absolute atomic E-state index is 12.1. The zero-order chi connectivity index (χ0) is 23.5. The Hall–Kier alpha value is -3.72. The van der Waals surface area contributed by atoms with Crippen molar-refractivity contribution in [2.75, 3.05) is 12.4 Å². The second-order valence-electron chi connectivity index (χ2n) is 6.93. The van der Waals surface area contributed by atoms with Crippen molar-refractivity contribution in [1.29, 1.82) is 0 Å². The number of aryl methyl sites for hydroxylation is 2. The predicted molar refractivity (Wildman–Crippen MR) is 128 cm³/mol. The van der Waals surface area contributed by atoms with Gasteiger partial charge in [-0.05, 0) is 55.4 Å². The lowest BCUT2D eigenvalue weighted by Crippen LogP contribution is -2.48. The molecule has 8 nitrogen and oxygen atoms in total. The van der Waals surface area contributed by atoms with Gasteiger partial charge in [-0.3, -0.25) is 30.6 Å². The average molecular weight is 455 g/mol. The van der Waals surface area contributed by atoms with Crippen molar-refractivity contribution >= 4 is 46.8 Å². The molecule has 3 amide bonds. The molecule has 2 rings (SSSR count). The van der Waals surface area contributed by atoms with Gasteiger partial charge in [-0.15, -0.1) is 0 Å². The number of anilines is 1. The molecule has 4 N–H and O–H groups in total. The maximum atomic E-state index is 12.1. The first-order chi connectivity index (χ1) is 15.3. The Morgan fingerprint density at radius 2 is 1.72 bits per heavy atom. The van der Waals surface area contributed by atoms with Crippen molar-refractivity contribution in [3.63, 3.8) is 0 Å². The van der Waals surface area contributed by atoms with Gasteiger partial charge in [0.2, 0.25) is 17.7 Å². The van der Waals surface area contributed by atoms with E-state index in [0.29, 0.717) is 5.75 Å². The number of thiocarbonyl (C=S) groups is 1. The first kappa shape index (κ1) is 24.5. The molecule has 0 aromatic heterocycles. The summed E-state index contributed by atoms with van der Waals surface area (Å²) in [5, 5.41) is 5.13. The summed E-state index contributed by atoms with van der Waals surface area (Å²) in [5.74, 6) is -0.560. The topological polar surface area (TPSA) is 109 Å². The molecule has 0 bridgehead atoms. The van der Waals surface area contributed by atoms with Gasteiger partial charge in [0.25, 0.3) is 0 Å². The zero-order valence-corrected chi connectivity index (χ0v) is 19.0. The number of hydrogen-bond acceptors (Lipinski definition) is 5. The monoisotopic (exact) mass is 454 g/mol. The largest absolute Gasteiger partial charge is 0.496 e. The minimum atomic E-state index is -0.476. The average Bonchev–Trinajstić information content (AvgIpc) is 2.77. The fourth-order valence-corrected chi connectivity index (χ4v) is 2.81. The molecule has 2 aromatic carbocycles. The molecule has 0 atom stereocenters. The molecule has 0 aliphatic carbocycles. The summed E-state index contributed by atoms with van der Waals surface area (Å²) in [6.07, 6.45) is 2.84. The van der Waals surface area contributed by atoms with Crippen LogP contribution in [-0.4, -0.2) is 29.9 Å². The third kappa shape index (κ3) is 8.19. The van der Waals surface area contributed by atoms with E-state index >= 15 is 0 Å². The van der Waals surface area contributed by atoms with Gasteiger partial charge in [0, 0.05) is 30.2 Å². The first-order valence-corrected chi connectivity index (χ1v) is 10.3. The van der Waals surface area contributed by atoms with Gasteiger partial charge in [0.15, 0.2) is 5.11 Å². The molecule has 9 heteroatoms. The Morgan fingerprint density at radius 3 is 2.47 bits per heavy atom. The van der Waals surface area contributed by atoms with Crippen LogP contribution in [-0.2, 0) is 14.4 Å². The lowest BCUT2D eigenvalue weighted by Gasteiger charge is -2.11. The number of amides is 3. The van der Waals surface area contributed by atoms with Gasteiger partial charge >= 0.3 is 0 Å². The highest BCUT2D eigenvalue weighted by atomic mass is 32.1. The second-order valence-corrected chi connectivity index (χ2v) is 7.34. The number of methoxy groups -OCH3 is 1. The lowest BCUT2D eigenvalue weighted by atomic mass is 10.1. The molecule has 0 saturated heterocycles. The highest BCUT2D eigenvalue weighted by Gasteiger charge is 2.09. The summed E-state index contributed by atoms with van der Waals surface area (Å²) >= 11 is 4.98. The van der Waals surface area contributed by atoms with E-state index in [-0.39, 0.29) is 23.9 Å². The molecule has 0 fully saturated rings. The van der Waals surface area contributed by atoms with E-state index in [1.807, 2.05) is 44.2 Å². The van der Waals surface area contributed by atoms with Crippen molar-refractivity contribution in [3.8, 4) is 5.75 Å². The first-order valence-electron chi connectivity index (χ1n) is 9.86. The summed E-state index contributed by atoms with van der Waals surface area (Å²) in [6, 6.07) is 13.0. The van der Waals surface area contributed by atoms with Gasteiger partial charge in [0.05, 0.1) is 7.11 Å². The summed E-state index contributed by atoms with van der Waals surface area (Å²) in [4.78, 5) is 36.0. The molecule has 0 aliphatic rings. The number of hydrogen-bond donors (Lipinski definition) is 4. The van der Waals surface area contributed by atoms with Crippen LogP contribution < -0.4 is 26.2 Å². The standard InChI is InChI=1S/C23H26N4O4S/c1-15-8-9-16(2)18(14-15)24-20(28)12-13-22(30)26-27-23(32)25-21(29)11-10-17-6-4-5-7-19(17)31-3/h4-11,14H,12-13H2,1-3H3,(H,24,28)(H,26,30)(H2,25,27,29,32). The fraction of sp³-hybridized carbons (Fsp3) is 0.217. The van der Waals surface area contributed by atoms with Crippen LogP contribution in [0, 0.1) is 13.8 Å². The second kappa shape index (κ2) is 12.2. The van der Waals surface area contributed by atoms with Crippen LogP contribution in [0.5, 0.6) is 5.75 Å². The van der Waals surface area contributed by atoms with E-state index in [9.17, 15) is 14.4 Å². The minimum Gasteiger partial charge on any atom is -0.496 e. The Morgan fingerprint density at radius 1 is 1.00 bits per heavy atom. The summed E-state index contributed by atoms with van der Waals surface area (Å²) in [7, 11) is 1.54. The van der Waals surface area contributed by atoms with Crippen LogP contribution in [0.3, 0.4) is 0 Å². The smallest absolute Gasteiger partial charge is 0.250 e. The molecule has 32 heavy (non-hydrogen) atoms. The fourth-order valence-electron chi connectivity index (χ4n) is 2.65. The van der Waals surface area contributed by atoms with Gasteiger partial charge in [-0.1, -0.05) is 30.3 Å². The van der Waals surface area contributed by atoms with Gasteiger partial charge in [0.1, 0.15) is 5.75 Å². The molecule has 0 saturated carbocycles. The number of benzene rings is 2. The van der Waals surface area contributed by atoms with E-state index in [2.05, 4.69) is 21.5 Å². The van der Waals surface area contributed by atoms with Crippen LogP contribution in [0.25, 0.3) is 6.08 Å². The zero-order valence-electron chi connectivity index (χ0n) is 18.2. The highest BCUT2D eigenvalue weighted by molar-refractivity contribution is 7.80. The van der Waals surface area contributed by atoms with E-state index in [0.717, 1.165) is 22.4 Å². The van der Waals surface area contributed by atoms with Gasteiger partial charge < -0.3 is 10.1 Å². The molecule has 0 heterocycles. The normalized spacial score (nSPS) is 10.3. The Balaban J connectivity index is 1.71. The Labute approximate surface area is 192 Å². The summed E-state index contributed by atoms with van der Waals surface area (Å²) in [5.41, 5.74) is 8.21. The van der Waals surface area contributed by atoms with Crippen molar-refractivity contribution in [1.82, 2.24) is 16.2 Å². The number of rotatable bonds is 7. The third-order valence-corrected chi connectivity index (χ3v) is 4.56. The highest BCUT2D eigenvalue weighted by Crippen LogP contribution is 2.18. The molecule has 0 radical (unpaired) electrons. The van der Waals surface area contributed by atoms with E-state index in [1.54, 1.807) is 25.3 Å². The molecular weight excluding hydrogens is 428 g/mol. The van der Waals surface area contributed by atoms with Crippen molar-refractivity contribution in [3.05, 3.63) is 65.2 Å². The molecule has 0 aliphatic heterocycles. The van der Waals surface area contributed by atoms with Crippen molar-refractivity contribution in [2.45, 2.75) is 26.7 Å². The van der Waals surface area contributed by atoms with Crippen molar-refractivity contribution in [2.24, 2.45) is 0 Å². The van der Waals surface area contributed by atoms with E-state index in [4.69, 9.17) is 17.0 Å². The van der Waals surface area contributed by atoms with E-state index < -0.39 is 11.8 Å². The van der Waals surface area contributed by atoms with Crippen LogP contribution in [0.2, 0.25) is 0 Å². The molecule has 168 valence electrons. The molecule has 0 spiro atoms. The Kier molecular flexibility index (Phi) is 9.37. The van der Waals surface area contributed by atoms with Crippen molar-refractivity contribution < 1.29 is 19.1 Å². The number of para-hydroxylation sites is 1. The summed E-state index contributed by atoms with van der Waals surface area (Å²) < 4.78 is 5.21. The number of nitrogens with one attached hydrogen (secondary N) is 4. The number of hydrazine groups is 1. The SMILES string of the molecule is COc1ccccc1C=CC(=O)NC(=S)NNC(=O)CCC(=O)Nc1cc(C)ccc1C. The number of ether oxygens (including phenoxy) is 1. The predicted octanol–water partition coefficient (Wildman–Crippen LogP) is 2.77. The van der Waals surface area contributed by atoms with Crippen LogP contribution in [0.15, 0.2) is 48.5 Å². The van der Waals surface area contributed by atoms with Crippen LogP contribution in [0.4, 0.5) is 5.69 Å². The Bertz CT molecular complexity index is 1040. The molecule has 2 aromatic rings. The van der Waals surface area contributed by atoms with Gasteiger partial charge in [-0.2, -0.15) is 0 Å². The molecular formula is C23H26N4O4S. The van der Waals surface area contributed by atoms with Crippen LogP contribution in [0.1, 0.15) is 29.5 Å². The van der Waals surface area contributed by atoms with Crippen LogP contribution >= 0.6 is 12.2 Å². The third-order valence-electron chi connectivity index (χ3n) is 4.35. The quantitative estimate of drug-likeness (QED) is 0.291. The summed E-state index contributed by atoms with van der Waals surface area (Å²) in [6.45, 7) is 3.83. The number of carbonyl (C=O) groups excluding carboxylic acids is 3. The number of carbonyl (C=O) groups is 3. The van der Waals surface area contributed by atoms with Gasteiger partial charge in [-0.25, -0.2) is 0 Å². The minimum absolute atomic E-state index is 0.00165.